The first kappa shape index (κ1) is 18.9. The monoisotopic (exact) mass is 428 g/mol. The van der Waals surface area contributed by atoms with E-state index in [1.807, 2.05) is 69.8 Å². The molecule has 162 valence electrons. The van der Waals surface area contributed by atoms with Gasteiger partial charge in [-0.25, -0.2) is 13.6 Å². The number of fused-ring (bicyclic) bond motifs is 4. The summed E-state index contributed by atoms with van der Waals surface area (Å²) in [5.74, 6) is 1.35. The van der Waals surface area contributed by atoms with Gasteiger partial charge in [0.2, 0.25) is 5.78 Å². The van der Waals surface area contributed by atoms with Gasteiger partial charge < -0.3 is 4.74 Å². The SMILES string of the molecule is COc1ccc(/C=c2\c(=O)n(-c3ccccc3)c3nn4c(n23)=NNC42CCCCC2)cc1. The topological polar surface area (TPSA) is 77.9 Å². The fourth-order valence-electron chi connectivity index (χ4n) is 4.86. The molecule has 2 aromatic heterocycles. The maximum absolute atomic E-state index is 13.6. The third-order valence-electron chi connectivity index (χ3n) is 6.53. The number of imidazole rings is 1. The smallest absolute Gasteiger partial charge is 0.282 e. The third kappa shape index (κ3) is 2.72. The fraction of sp³-hybridized carbons (Fsp3) is 0.292. The predicted octanol–water partition coefficient (Wildman–Crippen LogP) is 1.88. The van der Waals surface area contributed by atoms with E-state index in [0.29, 0.717) is 16.7 Å². The van der Waals surface area contributed by atoms with Crippen molar-refractivity contribution in [3.05, 3.63) is 81.5 Å². The number of nitrogens with one attached hydrogen (secondary N) is 1. The van der Waals surface area contributed by atoms with Crippen LogP contribution in [0.25, 0.3) is 17.5 Å². The number of hydrogen-bond acceptors (Lipinski definition) is 5. The zero-order valence-electron chi connectivity index (χ0n) is 17.9. The van der Waals surface area contributed by atoms with Crippen molar-refractivity contribution in [3.63, 3.8) is 0 Å². The van der Waals surface area contributed by atoms with E-state index in [4.69, 9.17) is 9.84 Å². The Bertz CT molecular complexity index is 1470. The van der Waals surface area contributed by atoms with Crippen LogP contribution in [0.2, 0.25) is 0 Å². The molecule has 0 unspecified atom stereocenters. The lowest BCUT2D eigenvalue weighted by Gasteiger charge is -2.33. The van der Waals surface area contributed by atoms with E-state index in [-0.39, 0.29) is 11.2 Å². The standard InChI is InChI=1S/C24H24N6O2/c1-32-19-12-10-17(11-13-19)16-20-21(31)28(18-8-4-2-5-9-18)23-26-30-22(29(20)23)25-27-24(30)14-6-3-7-15-24/h2,4-5,8-13,16,27H,3,6-7,14-15H2,1H3/b20-16+. The Morgan fingerprint density at radius 1 is 1.03 bits per heavy atom. The van der Waals surface area contributed by atoms with E-state index in [0.717, 1.165) is 42.7 Å². The van der Waals surface area contributed by atoms with Crippen LogP contribution < -0.4 is 26.7 Å². The van der Waals surface area contributed by atoms with Gasteiger partial charge in [0.1, 0.15) is 11.1 Å². The van der Waals surface area contributed by atoms with Crippen molar-refractivity contribution in [2.75, 3.05) is 7.11 Å². The summed E-state index contributed by atoms with van der Waals surface area (Å²) in [5.41, 5.74) is 5.26. The van der Waals surface area contributed by atoms with E-state index in [9.17, 15) is 4.79 Å². The summed E-state index contributed by atoms with van der Waals surface area (Å²) < 4.78 is 10.8. The van der Waals surface area contributed by atoms with Crippen molar-refractivity contribution >= 4 is 11.9 Å². The molecule has 1 saturated carbocycles. The maximum Gasteiger partial charge on any atom is 0.282 e. The summed E-state index contributed by atoms with van der Waals surface area (Å²) in [5, 5.41) is 10.1. The summed E-state index contributed by atoms with van der Waals surface area (Å²) >= 11 is 0. The Morgan fingerprint density at radius 3 is 2.50 bits per heavy atom. The Kier molecular flexibility index (Phi) is 4.21. The van der Waals surface area contributed by atoms with Gasteiger partial charge in [-0.3, -0.25) is 10.2 Å². The molecule has 0 saturated heterocycles. The van der Waals surface area contributed by atoms with E-state index < -0.39 is 0 Å². The zero-order valence-corrected chi connectivity index (χ0v) is 17.9. The van der Waals surface area contributed by atoms with Crippen LogP contribution in [-0.4, -0.2) is 25.9 Å². The highest BCUT2D eigenvalue weighted by Gasteiger charge is 2.40. The van der Waals surface area contributed by atoms with E-state index >= 15 is 0 Å². The molecule has 8 heteroatoms. The number of aromatic nitrogens is 4. The highest BCUT2D eigenvalue weighted by molar-refractivity contribution is 5.53. The molecular formula is C24H24N6O2. The van der Waals surface area contributed by atoms with Crippen molar-refractivity contribution in [2.24, 2.45) is 5.10 Å². The van der Waals surface area contributed by atoms with Gasteiger partial charge in [-0.15, -0.1) is 10.2 Å². The van der Waals surface area contributed by atoms with Crippen LogP contribution >= 0.6 is 0 Å². The minimum absolute atomic E-state index is 0.127. The molecule has 1 aliphatic carbocycles. The van der Waals surface area contributed by atoms with Gasteiger partial charge in [0.15, 0.2) is 5.66 Å². The lowest BCUT2D eigenvalue weighted by atomic mass is 9.90. The summed E-state index contributed by atoms with van der Waals surface area (Å²) in [6.45, 7) is 0. The molecule has 4 aromatic rings. The predicted molar refractivity (Wildman–Crippen MR) is 120 cm³/mol. The Balaban J connectivity index is 1.66. The maximum atomic E-state index is 13.6. The van der Waals surface area contributed by atoms with Crippen LogP contribution in [-0.2, 0) is 5.66 Å². The second-order valence-corrected chi connectivity index (χ2v) is 8.44. The highest BCUT2D eigenvalue weighted by Crippen LogP contribution is 2.32. The fourth-order valence-corrected chi connectivity index (χ4v) is 4.86. The first-order chi connectivity index (χ1) is 15.7. The first-order valence-corrected chi connectivity index (χ1v) is 11.0. The summed E-state index contributed by atoms with van der Waals surface area (Å²) in [6, 6.07) is 17.3. The van der Waals surface area contributed by atoms with Gasteiger partial charge in [0, 0.05) is 0 Å². The molecule has 32 heavy (non-hydrogen) atoms. The average Bonchev–Trinajstić information content (AvgIpc) is 3.45. The number of ether oxygens (including phenoxy) is 1. The molecule has 0 atom stereocenters. The second-order valence-electron chi connectivity index (χ2n) is 8.44. The van der Waals surface area contributed by atoms with Gasteiger partial charge in [0.25, 0.3) is 11.2 Å². The highest BCUT2D eigenvalue weighted by atomic mass is 16.5. The molecular weight excluding hydrogens is 404 g/mol. The second kappa shape index (κ2) is 7.12. The van der Waals surface area contributed by atoms with E-state index in [1.165, 1.54) is 6.42 Å². The summed E-state index contributed by atoms with van der Waals surface area (Å²) in [4.78, 5) is 13.6. The van der Waals surface area contributed by atoms with Crippen LogP contribution in [0.4, 0.5) is 0 Å². The lowest BCUT2D eigenvalue weighted by Crippen LogP contribution is -2.46. The van der Waals surface area contributed by atoms with Gasteiger partial charge in [-0.05, 0) is 61.6 Å². The van der Waals surface area contributed by atoms with Gasteiger partial charge in [0.05, 0.1) is 12.8 Å². The molecule has 0 amide bonds. The number of methoxy groups -OCH3 is 1. The number of rotatable bonds is 3. The van der Waals surface area contributed by atoms with Crippen LogP contribution in [0.1, 0.15) is 37.7 Å². The number of nitrogens with zero attached hydrogens (tertiary/aromatic N) is 5. The normalized spacial score (nSPS) is 17.3. The van der Waals surface area contributed by atoms with Crippen molar-refractivity contribution in [1.82, 2.24) is 24.2 Å². The minimum atomic E-state index is -0.304. The van der Waals surface area contributed by atoms with Crippen molar-refractivity contribution in [3.8, 4) is 11.4 Å². The molecule has 1 aliphatic heterocycles. The molecule has 2 aliphatic rings. The quantitative estimate of drug-likeness (QED) is 0.541. The molecule has 1 fully saturated rings. The number of hydrogen-bond donors (Lipinski definition) is 1. The van der Waals surface area contributed by atoms with E-state index in [2.05, 4.69) is 10.5 Å². The van der Waals surface area contributed by atoms with Crippen molar-refractivity contribution in [2.45, 2.75) is 37.8 Å². The Hall–Kier alpha value is -3.81. The molecule has 1 spiro atoms. The molecule has 0 bridgehead atoms. The number of para-hydroxylation sites is 1. The first-order valence-electron chi connectivity index (χ1n) is 11.0. The molecule has 2 aromatic carbocycles. The summed E-state index contributed by atoms with van der Waals surface area (Å²) in [7, 11) is 1.64. The lowest BCUT2D eigenvalue weighted by molar-refractivity contribution is 0.146. The minimum Gasteiger partial charge on any atom is -0.497 e. The third-order valence-corrected chi connectivity index (χ3v) is 6.53. The van der Waals surface area contributed by atoms with Gasteiger partial charge in [-0.1, -0.05) is 36.8 Å². The summed E-state index contributed by atoms with van der Waals surface area (Å²) in [6.07, 6.45) is 7.32. The van der Waals surface area contributed by atoms with E-state index in [1.54, 1.807) is 11.7 Å². The van der Waals surface area contributed by atoms with Crippen LogP contribution in [0, 0.1) is 0 Å². The van der Waals surface area contributed by atoms with Crippen LogP contribution in [0.15, 0.2) is 64.5 Å². The Labute approximate surface area is 184 Å². The zero-order chi connectivity index (χ0) is 21.7. The molecule has 1 N–H and O–H groups in total. The van der Waals surface area contributed by atoms with Crippen molar-refractivity contribution in [1.29, 1.82) is 0 Å². The molecule has 8 nitrogen and oxygen atoms in total. The van der Waals surface area contributed by atoms with Crippen LogP contribution in [0.3, 0.4) is 0 Å². The van der Waals surface area contributed by atoms with Crippen molar-refractivity contribution < 1.29 is 4.74 Å². The molecule has 3 heterocycles. The largest absolute Gasteiger partial charge is 0.497 e. The van der Waals surface area contributed by atoms with Gasteiger partial charge in [-0.2, -0.15) is 0 Å². The average molecular weight is 428 g/mol. The molecule has 0 radical (unpaired) electrons. The number of benzene rings is 2. The molecule has 6 rings (SSSR count). The van der Waals surface area contributed by atoms with Gasteiger partial charge >= 0.3 is 0 Å². The van der Waals surface area contributed by atoms with Crippen LogP contribution in [0.5, 0.6) is 5.75 Å². The Morgan fingerprint density at radius 2 is 1.78 bits per heavy atom.